The Labute approximate surface area is 148 Å². The molecule has 130 valence electrons. The van der Waals surface area contributed by atoms with Gasteiger partial charge >= 0.3 is 4.87 Å². The fourth-order valence-corrected chi connectivity index (χ4v) is 3.94. The molecule has 4 amide bonds. The predicted octanol–water partition coefficient (Wildman–Crippen LogP) is -0.0479. The highest BCUT2D eigenvalue weighted by Gasteiger charge is 2.33. The molecule has 1 aliphatic rings. The summed E-state index contributed by atoms with van der Waals surface area (Å²) in [6.45, 7) is -0.250. The first-order valence-electron chi connectivity index (χ1n) is 7.11. The smallest absolute Gasteiger partial charge is 0.289 e. The van der Waals surface area contributed by atoms with E-state index in [9.17, 15) is 24.0 Å². The number of benzene rings is 1. The monoisotopic (exact) mass is 380 g/mol. The molecule has 3 rings (SSSR count). The first-order valence-corrected chi connectivity index (χ1v) is 8.81. The summed E-state index contributed by atoms with van der Waals surface area (Å²) in [6.07, 6.45) is -0.246. The van der Waals surface area contributed by atoms with Crippen molar-refractivity contribution in [3.8, 4) is 0 Å². The van der Waals surface area contributed by atoms with Crippen LogP contribution in [0.2, 0.25) is 0 Å². The minimum absolute atomic E-state index is 0.246. The highest BCUT2D eigenvalue weighted by molar-refractivity contribution is 8.15. The second-order valence-electron chi connectivity index (χ2n) is 5.11. The van der Waals surface area contributed by atoms with E-state index < -0.39 is 28.2 Å². The van der Waals surface area contributed by atoms with Gasteiger partial charge in [0.25, 0.3) is 11.1 Å². The number of hydrogen-bond acceptors (Lipinski definition) is 7. The van der Waals surface area contributed by atoms with Gasteiger partial charge in [0.1, 0.15) is 11.8 Å². The number of carbonyl (C=O) groups is 4. The summed E-state index contributed by atoms with van der Waals surface area (Å²) in [7, 11) is 0. The van der Waals surface area contributed by atoms with Gasteiger partial charge in [-0.1, -0.05) is 35.2 Å². The van der Waals surface area contributed by atoms with Gasteiger partial charge in [-0.15, -0.1) is 0 Å². The Balaban J connectivity index is 1.55. The Morgan fingerprint density at radius 2 is 1.84 bits per heavy atom. The van der Waals surface area contributed by atoms with Crippen molar-refractivity contribution in [1.82, 2.24) is 20.7 Å². The van der Waals surface area contributed by atoms with Crippen molar-refractivity contribution in [1.29, 1.82) is 0 Å². The lowest BCUT2D eigenvalue weighted by Crippen LogP contribution is -2.45. The molecule has 0 spiro atoms. The lowest BCUT2D eigenvalue weighted by atomic mass is 10.3. The Bertz CT molecular complexity index is 935. The van der Waals surface area contributed by atoms with Crippen LogP contribution in [-0.4, -0.2) is 32.8 Å². The van der Waals surface area contributed by atoms with Crippen LogP contribution in [0.15, 0.2) is 29.1 Å². The Morgan fingerprint density at radius 3 is 2.56 bits per heavy atom. The van der Waals surface area contributed by atoms with E-state index in [1.165, 1.54) is 4.57 Å². The van der Waals surface area contributed by atoms with E-state index in [0.29, 0.717) is 5.52 Å². The number of hydrogen-bond donors (Lipinski definition) is 3. The molecule has 1 aliphatic heterocycles. The third kappa shape index (κ3) is 3.88. The number of thiazole rings is 1. The van der Waals surface area contributed by atoms with E-state index in [0.717, 1.165) is 27.8 Å². The minimum atomic E-state index is -0.812. The molecule has 2 heterocycles. The summed E-state index contributed by atoms with van der Waals surface area (Å²) >= 11 is 1.75. The lowest BCUT2D eigenvalue weighted by molar-refractivity contribution is -0.130. The SMILES string of the molecule is O=C(C[C@H]1SC(=O)NC1=O)NNC(=O)Cn1c(=O)sc2ccccc21. The molecule has 0 bridgehead atoms. The Kier molecular flexibility index (Phi) is 4.86. The normalized spacial score (nSPS) is 16.7. The molecule has 9 nitrogen and oxygen atoms in total. The van der Waals surface area contributed by atoms with E-state index in [-0.39, 0.29) is 17.8 Å². The molecule has 2 aromatic rings. The molecule has 0 aliphatic carbocycles. The van der Waals surface area contributed by atoms with Crippen molar-refractivity contribution in [2.24, 2.45) is 0 Å². The fourth-order valence-electron chi connectivity index (χ4n) is 2.23. The van der Waals surface area contributed by atoms with Crippen molar-refractivity contribution < 1.29 is 19.2 Å². The number of aromatic nitrogens is 1. The molecule has 1 fully saturated rings. The number of thioether (sulfide) groups is 1. The largest absolute Gasteiger partial charge is 0.308 e. The number of amides is 4. The molecule has 1 saturated heterocycles. The second-order valence-corrected chi connectivity index (χ2v) is 7.27. The van der Waals surface area contributed by atoms with E-state index in [1.54, 1.807) is 24.3 Å². The van der Waals surface area contributed by atoms with Gasteiger partial charge in [0, 0.05) is 6.42 Å². The summed E-state index contributed by atoms with van der Waals surface area (Å²) in [6, 6.07) is 7.07. The third-order valence-electron chi connectivity index (χ3n) is 3.35. The van der Waals surface area contributed by atoms with Gasteiger partial charge in [-0.25, -0.2) is 0 Å². The van der Waals surface area contributed by atoms with Gasteiger partial charge in [0.2, 0.25) is 11.8 Å². The first kappa shape index (κ1) is 17.2. The molecule has 25 heavy (non-hydrogen) atoms. The van der Waals surface area contributed by atoms with Gasteiger partial charge in [-0.3, -0.25) is 44.7 Å². The molecule has 11 heteroatoms. The van der Waals surface area contributed by atoms with E-state index in [2.05, 4.69) is 16.2 Å². The fraction of sp³-hybridized carbons (Fsp3) is 0.214. The Hall–Kier alpha value is -2.66. The molecule has 0 saturated carbocycles. The highest BCUT2D eigenvalue weighted by Crippen LogP contribution is 2.21. The summed E-state index contributed by atoms with van der Waals surface area (Å²) in [4.78, 5) is 57.8. The number of nitrogens with one attached hydrogen (secondary N) is 3. The number of para-hydroxylation sites is 1. The second kappa shape index (κ2) is 7.07. The zero-order valence-corrected chi connectivity index (χ0v) is 14.2. The van der Waals surface area contributed by atoms with Crippen molar-refractivity contribution >= 4 is 56.3 Å². The van der Waals surface area contributed by atoms with Gasteiger partial charge in [-0.2, -0.15) is 0 Å². The summed E-state index contributed by atoms with van der Waals surface area (Å²) in [5, 5.41) is 0.755. The van der Waals surface area contributed by atoms with Crippen LogP contribution in [0, 0.1) is 0 Å². The lowest BCUT2D eigenvalue weighted by Gasteiger charge is -2.09. The van der Waals surface area contributed by atoms with Crippen LogP contribution >= 0.6 is 23.1 Å². The maximum absolute atomic E-state index is 11.9. The number of carbonyl (C=O) groups excluding carboxylic acids is 4. The topological polar surface area (TPSA) is 126 Å². The van der Waals surface area contributed by atoms with E-state index in [4.69, 9.17) is 0 Å². The molecule has 0 radical (unpaired) electrons. The average molecular weight is 380 g/mol. The minimum Gasteiger partial charge on any atom is -0.289 e. The molecule has 1 aromatic heterocycles. The first-order chi connectivity index (χ1) is 11.9. The zero-order valence-electron chi connectivity index (χ0n) is 12.6. The molecular formula is C14H12N4O5S2. The number of fused-ring (bicyclic) bond motifs is 1. The summed E-state index contributed by atoms with van der Waals surface area (Å²) < 4.78 is 2.07. The maximum Gasteiger partial charge on any atom is 0.308 e. The van der Waals surface area contributed by atoms with Gasteiger partial charge in [-0.05, 0) is 12.1 Å². The van der Waals surface area contributed by atoms with E-state index in [1.807, 2.05) is 0 Å². The molecule has 0 unspecified atom stereocenters. The van der Waals surface area contributed by atoms with Crippen molar-refractivity contribution in [3.05, 3.63) is 33.9 Å². The predicted molar refractivity (Wildman–Crippen MR) is 91.9 cm³/mol. The average Bonchev–Trinajstić information content (AvgIpc) is 3.04. The van der Waals surface area contributed by atoms with Crippen LogP contribution in [0.1, 0.15) is 6.42 Å². The van der Waals surface area contributed by atoms with Crippen LogP contribution in [0.25, 0.3) is 10.2 Å². The van der Waals surface area contributed by atoms with Crippen molar-refractivity contribution in [2.75, 3.05) is 0 Å². The highest BCUT2D eigenvalue weighted by atomic mass is 32.2. The molecular weight excluding hydrogens is 368 g/mol. The zero-order chi connectivity index (χ0) is 18.0. The van der Waals surface area contributed by atoms with E-state index >= 15 is 0 Å². The summed E-state index contributed by atoms with van der Waals surface area (Å²) in [5.74, 6) is -1.73. The molecule has 1 aromatic carbocycles. The third-order valence-corrected chi connectivity index (χ3v) is 5.30. The van der Waals surface area contributed by atoms with Crippen LogP contribution in [0.4, 0.5) is 4.79 Å². The van der Waals surface area contributed by atoms with Crippen LogP contribution in [-0.2, 0) is 20.9 Å². The number of rotatable bonds is 4. The molecule has 1 atom stereocenters. The van der Waals surface area contributed by atoms with Gasteiger partial charge in [0.05, 0.1) is 10.2 Å². The quantitative estimate of drug-likeness (QED) is 0.639. The maximum atomic E-state index is 11.9. The molecule has 3 N–H and O–H groups in total. The van der Waals surface area contributed by atoms with Crippen LogP contribution < -0.4 is 21.0 Å². The van der Waals surface area contributed by atoms with Crippen molar-refractivity contribution in [2.45, 2.75) is 18.2 Å². The van der Waals surface area contributed by atoms with Crippen LogP contribution in [0.3, 0.4) is 0 Å². The number of imide groups is 1. The Morgan fingerprint density at radius 1 is 1.12 bits per heavy atom. The van der Waals surface area contributed by atoms with Crippen molar-refractivity contribution in [3.63, 3.8) is 0 Å². The summed E-state index contributed by atoms with van der Waals surface area (Å²) in [5.41, 5.74) is 5.00. The van der Waals surface area contributed by atoms with Gasteiger partial charge in [0.15, 0.2) is 0 Å². The number of nitrogens with zero attached hydrogens (tertiary/aromatic N) is 1. The number of hydrazine groups is 1. The standard InChI is InChI=1S/C14H12N4O5S2/c19-10(5-9-12(21)15-13(22)24-9)16-17-11(20)6-18-7-3-1-2-4-8(7)25-14(18)23/h1-4,9H,5-6H2,(H,16,19)(H,17,20)(H,15,21,22)/t9-/m1/s1. The van der Waals surface area contributed by atoms with Gasteiger partial charge < -0.3 is 0 Å². The van der Waals surface area contributed by atoms with Crippen LogP contribution in [0.5, 0.6) is 0 Å².